The lowest BCUT2D eigenvalue weighted by atomic mass is 9.89. The summed E-state index contributed by atoms with van der Waals surface area (Å²) in [7, 11) is 0. The number of rotatable bonds is 5. The Kier molecular flexibility index (Phi) is 6.43. The van der Waals surface area contributed by atoms with Gasteiger partial charge in [0.25, 0.3) is 0 Å². The molecule has 0 spiro atoms. The molecule has 4 heteroatoms. The third kappa shape index (κ3) is 4.39. The summed E-state index contributed by atoms with van der Waals surface area (Å²) in [5.41, 5.74) is 12.7. The van der Waals surface area contributed by atoms with Crippen LogP contribution in [0.2, 0.25) is 0 Å². The zero-order valence-electron chi connectivity index (χ0n) is 27.5. The van der Waals surface area contributed by atoms with Crippen LogP contribution in [0.5, 0.6) is 0 Å². The van der Waals surface area contributed by atoms with Crippen LogP contribution >= 0.6 is 0 Å². The summed E-state index contributed by atoms with van der Waals surface area (Å²) < 4.78 is 8.84. The predicted octanol–water partition coefficient (Wildman–Crippen LogP) is 12.2. The molecular weight excluding hydrogens is 611 g/mol. The number of nitrogens with zero attached hydrogens (tertiary/aromatic N) is 3. The number of fused-ring (bicyclic) bond motifs is 7. The summed E-state index contributed by atoms with van der Waals surface area (Å²) in [6.45, 7) is 2.16. The molecule has 0 saturated heterocycles. The summed E-state index contributed by atoms with van der Waals surface area (Å²) in [4.78, 5) is 10.1. The minimum absolute atomic E-state index is 0.862. The van der Waals surface area contributed by atoms with Gasteiger partial charge in [-0.05, 0) is 59.2 Å². The number of imidazole rings is 1. The zero-order valence-corrected chi connectivity index (χ0v) is 27.5. The molecule has 0 radical (unpaired) electrons. The van der Waals surface area contributed by atoms with Crippen molar-refractivity contribution in [3.63, 3.8) is 0 Å². The average molecular weight is 642 g/mol. The Labute approximate surface area is 288 Å². The molecule has 3 heterocycles. The molecule has 0 unspecified atom stereocenters. The number of hydrogen-bond acceptors (Lipinski definition) is 3. The van der Waals surface area contributed by atoms with Crippen molar-refractivity contribution >= 4 is 54.6 Å². The van der Waals surface area contributed by atoms with E-state index in [1.807, 2.05) is 18.2 Å². The van der Waals surface area contributed by atoms with E-state index in [0.29, 0.717) is 0 Å². The van der Waals surface area contributed by atoms with E-state index in [-0.39, 0.29) is 0 Å². The molecule has 3 aromatic heterocycles. The second kappa shape index (κ2) is 11.3. The quantitative estimate of drug-likeness (QED) is 0.176. The van der Waals surface area contributed by atoms with Crippen molar-refractivity contribution in [3.05, 3.63) is 164 Å². The number of furan rings is 1. The second-order valence-corrected chi connectivity index (χ2v) is 12.8. The molecule has 10 rings (SSSR count). The molecule has 0 aliphatic carbocycles. The fraction of sp³-hybridized carbons (Fsp3) is 0.0435. The van der Waals surface area contributed by atoms with E-state index < -0.39 is 0 Å². The molecule has 0 fully saturated rings. The molecule has 10 aromatic rings. The molecule has 4 nitrogen and oxygen atoms in total. The van der Waals surface area contributed by atoms with Gasteiger partial charge in [-0.15, -0.1) is 0 Å². The highest BCUT2D eigenvalue weighted by Crippen LogP contribution is 2.46. The van der Waals surface area contributed by atoms with Gasteiger partial charge >= 0.3 is 0 Å². The topological polar surface area (TPSA) is 43.9 Å². The van der Waals surface area contributed by atoms with E-state index in [1.165, 1.54) is 16.5 Å². The maximum atomic E-state index is 6.57. The van der Waals surface area contributed by atoms with E-state index in [2.05, 4.69) is 151 Å². The van der Waals surface area contributed by atoms with Crippen molar-refractivity contribution < 1.29 is 4.42 Å². The van der Waals surface area contributed by atoms with Gasteiger partial charge in [0.05, 0.1) is 22.2 Å². The van der Waals surface area contributed by atoms with Gasteiger partial charge in [-0.2, -0.15) is 0 Å². The molecule has 0 aliphatic heterocycles. The monoisotopic (exact) mass is 641 g/mol. The Morgan fingerprint density at radius 1 is 0.500 bits per heavy atom. The Hall–Kier alpha value is -6.52. The Balaban J connectivity index is 1.17. The third-order valence-corrected chi connectivity index (χ3v) is 9.95. The maximum absolute atomic E-state index is 6.57. The zero-order chi connectivity index (χ0) is 33.2. The molecule has 0 N–H and O–H groups in total. The fourth-order valence-electron chi connectivity index (χ4n) is 7.65. The lowest BCUT2D eigenvalue weighted by molar-refractivity contribution is 0.669. The van der Waals surface area contributed by atoms with Crippen molar-refractivity contribution in [2.75, 3.05) is 0 Å². The van der Waals surface area contributed by atoms with Crippen LogP contribution in [0.3, 0.4) is 0 Å². The Morgan fingerprint density at radius 2 is 1.14 bits per heavy atom. The normalized spacial score (nSPS) is 11.8. The molecule has 236 valence electrons. The van der Waals surface area contributed by atoms with Crippen LogP contribution in [0.15, 0.2) is 162 Å². The van der Waals surface area contributed by atoms with Gasteiger partial charge in [-0.1, -0.05) is 122 Å². The summed E-state index contributed by atoms with van der Waals surface area (Å²) in [6, 6.07) is 55.7. The van der Waals surface area contributed by atoms with Gasteiger partial charge in [0.1, 0.15) is 17.0 Å². The minimum Gasteiger partial charge on any atom is -0.456 e. The van der Waals surface area contributed by atoms with Crippen molar-refractivity contribution in [1.29, 1.82) is 0 Å². The van der Waals surface area contributed by atoms with Crippen LogP contribution < -0.4 is 0 Å². The van der Waals surface area contributed by atoms with Crippen molar-refractivity contribution in [1.82, 2.24) is 14.5 Å². The SMILES string of the molecule is CCc1nc2ccccc2n1-c1ccc(-c2ccc(-c3c4c(cc5c(-c6ccccc6)nc6ccccc6c35)oc3ccccc34)cc2)cc1. The summed E-state index contributed by atoms with van der Waals surface area (Å²) in [5, 5.41) is 5.63. The van der Waals surface area contributed by atoms with Gasteiger partial charge in [-0.25, -0.2) is 9.97 Å². The Morgan fingerprint density at radius 3 is 1.92 bits per heavy atom. The van der Waals surface area contributed by atoms with Crippen molar-refractivity contribution in [3.8, 4) is 39.2 Å². The first-order valence-electron chi connectivity index (χ1n) is 17.1. The highest BCUT2D eigenvalue weighted by atomic mass is 16.3. The minimum atomic E-state index is 0.862. The summed E-state index contributed by atoms with van der Waals surface area (Å²) in [6.07, 6.45) is 0.865. The fourth-order valence-corrected chi connectivity index (χ4v) is 7.65. The Bertz CT molecular complexity index is 2880. The van der Waals surface area contributed by atoms with Crippen LogP contribution in [0.25, 0.3) is 93.8 Å². The highest BCUT2D eigenvalue weighted by Gasteiger charge is 2.21. The van der Waals surface area contributed by atoms with Gasteiger partial charge < -0.3 is 4.42 Å². The van der Waals surface area contributed by atoms with Gasteiger partial charge in [-0.3, -0.25) is 4.57 Å². The highest BCUT2D eigenvalue weighted by molar-refractivity contribution is 6.27. The predicted molar refractivity (Wildman–Crippen MR) is 207 cm³/mol. The van der Waals surface area contributed by atoms with Crippen LogP contribution in [0.4, 0.5) is 0 Å². The van der Waals surface area contributed by atoms with Crippen molar-refractivity contribution in [2.24, 2.45) is 0 Å². The largest absolute Gasteiger partial charge is 0.456 e. The average Bonchev–Trinajstić information content (AvgIpc) is 3.75. The molecule has 0 bridgehead atoms. The molecule has 50 heavy (non-hydrogen) atoms. The standard InChI is InChI=1S/C46H31N3O/c1-2-42-47-38-17-9-10-18-39(38)49(42)33-26-24-30(25-27-33)29-20-22-31(23-21-29)43-44-34-14-6-8-16-37(34)48-46(32-12-4-3-5-13-32)36(44)28-41-45(43)35-15-7-11-19-40(35)50-41/h3-28H,2H2,1H3. The van der Waals surface area contributed by atoms with Crippen LogP contribution in [-0.2, 0) is 6.42 Å². The first-order chi connectivity index (χ1) is 24.7. The second-order valence-electron chi connectivity index (χ2n) is 12.8. The number of aromatic nitrogens is 3. The summed E-state index contributed by atoms with van der Waals surface area (Å²) >= 11 is 0. The maximum Gasteiger partial charge on any atom is 0.136 e. The third-order valence-electron chi connectivity index (χ3n) is 9.95. The molecule has 0 amide bonds. The molecule has 7 aromatic carbocycles. The van der Waals surface area contributed by atoms with E-state index in [0.717, 1.165) is 89.6 Å². The first kappa shape index (κ1) is 28.5. The molecule has 0 aliphatic rings. The van der Waals surface area contributed by atoms with Crippen LogP contribution in [-0.4, -0.2) is 14.5 Å². The number of para-hydroxylation sites is 4. The van der Waals surface area contributed by atoms with Crippen molar-refractivity contribution in [2.45, 2.75) is 13.3 Å². The van der Waals surface area contributed by atoms with E-state index in [9.17, 15) is 0 Å². The smallest absolute Gasteiger partial charge is 0.136 e. The number of benzene rings is 7. The van der Waals surface area contributed by atoms with Crippen LogP contribution in [0, 0.1) is 0 Å². The molecule has 0 atom stereocenters. The first-order valence-corrected chi connectivity index (χ1v) is 17.1. The van der Waals surface area contributed by atoms with E-state index >= 15 is 0 Å². The van der Waals surface area contributed by atoms with Gasteiger partial charge in [0, 0.05) is 50.2 Å². The summed E-state index contributed by atoms with van der Waals surface area (Å²) in [5.74, 6) is 1.06. The van der Waals surface area contributed by atoms with Gasteiger partial charge in [0.2, 0.25) is 0 Å². The van der Waals surface area contributed by atoms with Gasteiger partial charge in [0.15, 0.2) is 0 Å². The van der Waals surface area contributed by atoms with Crippen LogP contribution in [0.1, 0.15) is 12.7 Å². The molecule has 0 saturated carbocycles. The molecular formula is C46H31N3O. The lowest BCUT2D eigenvalue weighted by Gasteiger charge is -2.16. The number of hydrogen-bond donors (Lipinski definition) is 0. The number of aryl methyl sites for hydroxylation is 1. The number of pyridine rings is 1. The van der Waals surface area contributed by atoms with E-state index in [4.69, 9.17) is 14.4 Å². The lowest BCUT2D eigenvalue weighted by Crippen LogP contribution is -1.99. The van der Waals surface area contributed by atoms with E-state index in [1.54, 1.807) is 0 Å².